The monoisotopic (exact) mass is 630 g/mol. The first-order valence-electron chi connectivity index (χ1n) is 15.4. The van der Waals surface area contributed by atoms with Gasteiger partial charge in [0.25, 0.3) is 5.56 Å². The number of nitrogens with zero attached hydrogens (tertiary/aromatic N) is 1. The Bertz CT molecular complexity index is 2140. The average molecular weight is 631 g/mol. The standard InChI is InChI=1S/C37H30N2O8/c1-43-29-14-24-27(17-30(29)44-2)36(41)39(34-25-15-31-32(47-19-46-31)16-26(25)35(40)33(24)34)13-7-12-38-37(42)45-18-28-22-10-5-3-8-20(22)21-9-4-6-11-23(21)28/h3-6,8-11,14-17,28H,7,12-13,18-19H2,1-2H3,(H,38,42). The van der Waals surface area contributed by atoms with Gasteiger partial charge in [0.2, 0.25) is 6.79 Å². The molecular formula is C37H30N2O8. The minimum atomic E-state index is -0.534. The van der Waals surface area contributed by atoms with Gasteiger partial charge in [0.05, 0.1) is 30.9 Å². The molecule has 236 valence electrons. The Morgan fingerprint density at radius 1 is 0.830 bits per heavy atom. The average Bonchev–Trinajstić information content (AvgIpc) is 3.78. The van der Waals surface area contributed by atoms with Crippen molar-refractivity contribution in [2.75, 3.05) is 34.2 Å². The number of carbonyl (C=O) groups is 2. The maximum atomic E-state index is 14.1. The van der Waals surface area contributed by atoms with Gasteiger partial charge in [-0.05, 0) is 52.9 Å². The topological polar surface area (TPSA) is 114 Å². The van der Waals surface area contributed by atoms with Crippen LogP contribution in [0.3, 0.4) is 0 Å². The van der Waals surface area contributed by atoms with Crippen LogP contribution >= 0.6 is 0 Å². The number of benzene rings is 4. The largest absolute Gasteiger partial charge is 0.493 e. The van der Waals surface area contributed by atoms with Crippen molar-refractivity contribution < 1.29 is 33.3 Å². The molecule has 5 aromatic rings. The third-order valence-corrected chi connectivity index (χ3v) is 9.19. The zero-order chi connectivity index (χ0) is 32.2. The number of hydrogen-bond donors (Lipinski definition) is 1. The Labute approximate surface area is 269 Å². The van der Waals surface area contributed by atoms with E-state index in [0.29, 0.717) is 62.6 Å². The van der Waals surface area contributed by atoms with Gasteiger partial charge in [-0.15, -0.1) is 0 Å². The third kappa shape index (κ3) is 4.51. The molecule has 10 nitrogen and oxygen atoms in total. The molecule has 47 heavy (non-hydrogen) atoms. The van der Waals surface area contributed by atoms with Crippen molar-refractivity contribution in [3.05, 3.63) is 105 Å². The van der Waals surface area contributed by atoms with Gasteiger partial charge in [0.1, 0.15) is 6.61 Å². The fraction of sp³-hybridized carbons (Fsp3) is 0.216. The lowest BCUT2D eigenvalue weighted by atomic mass is 9.98. The van der Waals surface area contributed by atoms with Gasteiger partial charge >= 0.3 is 6.09 Å². The Kier molecular flexibility index (Phi) is 6.86. The zero-order valence-electron chi connectivity index (χ0n) is 25.8. The maximum absolute atomic E-state index is 14.1. The van der Waals surface area contributed by atoms with Crippen molar-refractivity contribution in [2.24, 2.45) is 0 Å². The molecule has 3 aliphatic rings. The van der Waals surface area contributed by atoms with E-state index in [9.17, 15) is 14.4 Å². The molecule has 0 spiro atoms. The Morgan fingerprint density at radius 2 is 1.45 bits per heavy atom. The van der Waals surface area contributed by atoms with Crippen LogP contribution in [0.2, 0.25) is 0 Å². The predicted octanol–water partition coefficient (Wildman–Crippen LogP) is 5.89. The molecule has 8 rings (SSSR count). The molecule has 2 heterocycles. The van der Waals surface area contributed by atoms with Crippen LogP contribution in [0, 0.1) is 0 Å². The number of ether oxygens (including phenoxy) is 5. The van der Waals surface area contributed by atoms with Gasteiger partial charge in [-0.1, -0.05) is 48.5 Å². The van der Waals surface area contributed by atoms with Gasteiger partial charge in [-0.2, -0.15) is 0 Å². The normalized spacial score (nSPS) is 13.6. The molecule has 1 N–H and O–H groups in total. The number of rotatable bonds is 8. The third-order valence-electron chi connectivity index (χ3n) is 9.19. The summed E-state index contributed by atoms with van der Waals surface area (Å²) in [5.41, 5.74) is 6.20. The number of pyridine rings is 1. The van der Waals surface area contributed by atoms with E-state index in [-0.39, 0.29) is 43.7 Å². The molecule has 0 atom stereocenters. The van der Waals surface area contributed by atoms with Crippen molar-refractivity contribution in [1.29, 1.82) is 0 Å². The molecule has 1 aromatic heterocycles. The van der Waals surface area contributed by atoms with Crippen molar-refractivity contribution >= 4 is 22.6 Å². The highest BCUT2D eigenvalue weighted by Gasteiger charge is 2.36. The van der Waals surface area contributed by atoms with Crippen LogP contribution in [-0.2, 0) is 11.3 Å². The molecule has 0 radical (unpaired) electrons. The molecule has 0 saturated carbocycles. The van der Waals surface area contributed by atoms with Gasteiger partial charge < -0.3 is 33.6 Å². The first kappa shape index (κ1) is 28.7. The molecular weight excluding hydrogens is 600 g/mol. The summed E-state index contributed by atoms with van der Waals surface area (Å²) in [5.74, 6) is 1.50. The molecule has 1 aliphatic heterocycles. The van der Waals surface area contributed by atoms with Crippen molar-refractivity contribution in [3.63, 3.8) is 0 Å². The Hall–Kier alpha value is -5.77. The van der Waals surface area contributed by atoms with Crippen LogP contribution < -0.4 is 29.8 Å². The highest BCUT2D eigenvalue weighted by molar-refractivity contribution is 6.27. The maximum Gasteiger partial charge on any atom is 0.407 e. The van der Waals surface area contributed by atoms with Crippen LogP contribution in [0.15, 0.2) is 77.6 Å². The van der Waals surface area contributed by atoms with Gasteiger partial charge in [0, 0.05) is 35.5 Å². The second-order valence-electron chi connectivity index (χ2n) is 11.6. The number of nitrogens with one attached hydrogen (secondary N) is 1. The number of amides is 1. The first-order chi connectivity index (χ1) is 23.0. The van der Waals surface area contributed by atoms with Gasteiger partial charge in [-0.25, -0.2) is 4.79 Å². The number of hydrogen-bond acceptors (Lipinski definition) is 8. The minimum Gasteiger partial charge on any atom is -0.493 e. The lowest BCUT2D eigenvalue weighted by Gasteiger charge is -2.17. The second kappa shape index (κ2) is 11.2. The lowest BCUT2D eigenvalue weighted by Crippen LogP contribution is -2.29. The predicted molar refractivity (Wildman–Crippen MR) is 174 cm³/mol. The number of aromatic nitrogens is 1. The van der Waals surface area contributed by atoms with Crippen LogP contribution in [0.4, 0.5) is 4.79 Å². The van der Waals surface area contributed by atoms with Crippen molar-refractivity contribution in [3.8, 4) is 45.4 Å². The molecule has 0 fully saturated rings. The van der Waals surface area contributed by atoms with E-state index >= 15 is 0 Å². The summed E-state index contributed by atoms with van der Waals surface area (Å²) in [4.78, 5) is 40.8. The summed E-state index contributed by atoms with van der Waals surface area (Å²) in [7, 11) is 3.00. The van der Waals surface area contributed by atoms with E-state index in [1.165, 1.54) is 14.2 Å². The highest BCUT2D eigenvalue weighted by atomic mass is 16.7. The molecule has 1 amide bonds. The molecule has 2 aliphatic carbocycles. The van der Waals surface area contributed by atoms with E-state index in [2.05, 4.69) is 29.6 Å². The van der Waals surface area contributed by atoms with Crippen LogP contribution in [0.1, 0.15) is 39.4 Å². The van der Waals surface area contributed by atoms with E-state index < -0.39 is 6.09 Å². The lowest BCUT2D eigenvalue weighted by molar-refractivity contribution is 0.104. The van der Waals surface area contributed by atoms with Crippen LogP contribution in [0.5, 0.6) is 23.0 Å². The van der Waals surface area contributed by atoms with Crippen molar-refractivity contribution in [2.45, 2.75) is 18.9 Å². The second-order valence-corrected chi connectivity index (χ2v) is 11.6. The summed E-state index contributed by atoms with van der Waals surface area (Å²) in [5, 5.41) is 3.63. The SMILES string of the molecule is COc1cc2c3c(n(CCCNC(=O)OCC4c5ccccc5-c5ccccc54)c(=O)c2cc1OC)-c1cc2c(cc1C3=O)OCO2. The fourth-order valence-electron chi connectivity index (χ4n) is 7.03. The van der Waals surface area contributed by atoms with E-state index in [1.807, 2.05) is 24.3 Å². The van der Waals surface area contributed by atoms with E-state index in [0.717, 1.165) is 22.3 Å². The highest BCUT2D eigenvalue weighted by Crippen LogP contribution is 2.47. The minimum absolute atomic E-state index is 0.0454. The van der Waals surface area contributed by atoms with Gasteiger partial charge in [-0.3, -0.25) is 9.59 Å². The fourth-order valence-corrected chi connectivity index (χ4v) is 7.03. The van der Waals surface area contributed by atoms with E-state index in [4.69, 9.17) is 23.7 Å². The Balaban J connectivity index is 1.04. The summed E-state index contributed by atoms with van der Waals surface area (Å²) < 4.78 is 29.4. The first-order valence-corrected chi connectivity index (χ1v) is 15.4. The number of fused-ring (bicyclic) bond motifs is 9. The zero-order valence-corrected chi connectivity index (χ0v) is 25.8. The summed E-state index contributed by atoms with van der Waals surface area (Å²) in [6.45, 7) is 0.750. The molecule has 4 aromatic carbocycles. The quantitative estimate of drug-likeness (QED) is 0.207. The molecule has 0 bridgehead atoms. The number of methoxy groups -OCH3 is 2. The number of ketones is 1. The van der Waals surface area contributed by atoms with Gasteiger partial charge in [0.15, 0.2) is 28.8 Å². The van der Waals surface area contributed by atoms with E-state index in [1.54, 1.807) is 28.8 Å². The summed E-state index contributed by atoms with van der Waals surface area (Å²) in [6.07, 6.45) is -0.128. The van der Waals surface area contributed by atoms with Crippen LogP contribution in [0.25, 0.3) is 33.2 Å². The summed E-state index contributed by atoms with van der Waals surface area (Å²) in [6, 6.07) is 23.0. The Morgan fingerprint density at radius 3 is 2.11 bits per heavy atom. The molecule has 0 saturated heterocycles. The number of alkyl carbamates (subject to hydrolysis) is 1. The summed E-state index contributed by atoms with van der Waals surface area (Å²) >= 11 is 0. The van der Waals surface area contributed by atoms with Crippen LogP contribution in [-0.4, -0.2) is 50.6 Å². The number of carbonyl (C=O) groups excluding carboxylic acids is 2. The smallest absolute Gasteiger partial charge is 0.407 e. The van der Waals surface area contributed by atoms with Crippen molar-refractivity contribution in [1.82, 2.24) is 9.88 Å². The molecule has 0 unspecified atom stereocenters. The molecule has 10 heteroatoms.